The van der Waals surface area contributed by atoms with E-state index in [1.54, 1.807) is 4.90 Å². The molecule has 0 atom stereocenters. The van der Waals surface area contributed by atoms with Crippen molar-refractivity contribution in [3.63, 3.8) is 0 Å². The second kappa shape index (κ2) is 6.58. The van der Waals surface area contributed by atoms with E-state index in [1.807, 2.05) is 12.1 Å². The van der Waals surface area contributed by atoms with Gasteiger partial charge < -0.3 is 14.8 Å². The predicted octanol–water partition coefficient (Wildman–Crippen LogP) is 0.988. The summed E-state index contributed by atoms with van der Waals surface area (Å²) < 4.78 is 0. The van der Waals surface area contributed by atoms with E-state index in [2.05, 4.69) is 24.0 Å². The molecule has 4 nitrogen and oxygen atoms in total. The molecule has 1 aliphatic heterocycles. The number of nitrogens with zero attached hydrogens (tertiary/aromatic N) is 1. The molecule has 2 aromatic rings. The van der Waals surface area contributed by atoms with Gasteiger partial charge in [0.2, 0.25) is 0 Å². The van der Waals surface area contributed by atoms with Crippen LogP contribution in [0.1, 0.15) is 35.8 Å². The minimum Gasteiger partial charge on any atom is -0.543 e. The maximum absolute atomic E-state index is 10.8. The van der Waals surface area contributed by atoms with Crippen LogP contribution < -0.4 is 10.0 Å². The Morgan fingerprint density at radius 3 is 2.86 bits per heavy atom. The van der Waals surface area contributed by atoms with Crippen molar-refractivity contribution in [2.24, 2.45) is 5.92 Å². The predicted molar refractivity (Wildman–Crippen MR) is 84.7 cm³/mol. The Kier molecular flexibility index (Phi) is 4.55. The third-order valence-corrected chi connectivity index (χ3v) is 5.21. The first kappa shape index (κ1) is 15.2. The van der Waals surface area contributed by atoms with Crippen LogP contribution >= 0.6 is 11.3 Å². The van der Waals surface area contributed by atoms with E-state index >= 15 is 0 Å². The average molecular weight is 316 g/mol. The van der Waals surface area contributed by atoms with Gasteiger partial charge in [0.1, 0.15) is 11.6 Å². The quantitative estimate of drug-likeness (QED) is 0.915. The highest BCUT2D eigenvalue weighted by molar-refractivity contribution is 7.13. The Hall–Kier alpha value is -1.72. The minimum absolute atomic E-state index is 0.0149. The van der Waals surface area contributed by atoms with Crippen molar-refractivity contribution in [1.82, 2.24) is 4.98 Å². The molecule has 1 aliphatic rings. The molecule has 22 heavy (non-hydrogen) atoms. The summed E-state index contributed by atoms with van der Waals surface area (Å²) in [7, 11) is 0. The summed E-state index contributed by atoms with van der Waals surface area (Å²) in [5, 5.41) is 13.1. The van der Waals surface area contributed by atoms with Crippen molar-refractivity contribution >= 4 is 17.3 Å². The van der Waals surface area contributed by atoms with E-state index in [1.165, 1.54) is 48.2 Å². The number of thiazole rings is 1. The molecular formula is C17H20N2O2S. The standard InChI is InChI=1S/C17H20N2O2S/c1-12-5-7-19(8-6-12)10-13-3-2-4-14(9-13)16-18-15(11-22-16)17(20)21/h2-4,9,11-12H,5-8,10H2,1H3,(H,20,21). The number of nitrogens with one attached hydrogen (secondary N) is 1. The Labute approximate surface area is 134 Å². The number of carbonyl (C=O) groups excluding carboxylic acids is 1. The number of carboxylic acid groups (broad SMARTS) is 1. The van der Waals surface area contributed by atoms with Crippen molar-refractivity contribution in [3.8, 4) is 10.6 Å². The highest BCUT2D eigenvalue weighted by Crippen LogP contribution is 2.24. The van der Waals surface area contributed by atoms with Gasteiger partial charge in [0, 0.05) is 16.5 Å². The molecule has 1 aromatic heterocycles. The van der Waals surface area contributed by atoms with Crippen molar-refractivity contribution in [2.45, 2.75) is 26.3 Å². The molecule has 116 valence electrons. The largest absolute Gasteiger partial charge is 0.543 e. The van der Waals surface area contributed by atoms with E-state index < -0.39 is 5.97 Å². The molecule has 0 unspecified atom stereocenters. The molecule has 1 N–H and O–H groups in total. The summed E-state index contributed by atoms with van der Waals surface area (Å²) in [4.78, 5) is 16.6. The maximum Gasteiger partial charge on any atom is 0.124 e. The lowest BCUT2D eigenvalue weighted by Crippen LogP contribution is -3.11. The van der Waals surface area contributed by atoms with E-state index in [0.29, 0.717) is 0 Å². The maximum atomic E-state index is 10.8. The van der Waals surface area contributed by atoms with Gasteiger partial charge in [-0.05, 0) is 24.8 Å². The van der Waals surface area contributed by atoms with Crippen LogP contribution in [0.4, 0.5) is 0 Å². The highest BCUT2D eigenvalue weighted by atomic mass is 32.1. The molecule has 0 radical (unpaired) electrons. The topological polar surface area (TPSA) is 57.5 Å². The molecule has 1 aromatic carbocycles. The fourth-order valence-corrected chi connectivity index (χ4v) is 3.74. The minimum atomic E-state index is -1.22. The van der Waals surface area contributed by atoms with Crippen LogP contribution in [0.15, 0.2) is 29.6 Å². The Bertz CT molecular complexity index is 660. The van der Waals surface area contributed by atoms with Gasteiger partial charge in [-0.25, -0.2) is 4.98 Å². The number of piperidine rings is 1. The van der Waals surface area contributed by atoms with E-state index in [-0.39, 0.29) is 5.69 Å². The Morgan fingerprint density at radius 1 is 1.41 bits per heavy atom. The lowest BCUT2D eigenvalue weighted by Gasteiger charge is -2.27. The molecule has 0 bridgehead atoms. The van der Waals surface area contributed by atoms with E-state index in [4.69, 9.17) is 0 Å². The third-order valence-electron chi connectivity index (χ3n) is 4.32. The summed E-state index contributed by atoms with van der Waals surface area (Å²) in [6, 6.07) is 8.27. The Morgan fingerprint density at radius 2 is 2.18 bits per heavy atom. The van der Waals surface area contributed by atoms with E-state index in [9.17, 15) is 9.90 Å². The second-order valence-electron chi connectivity index (χ2n) is 6.14. The van der Waals surface area contributed by atoms with Gasteiger partial charge in [-0.2, -0.15) is 0 Å². The summed E-state index contributed by atoms with van der Waals surface area (Å²) >= 11 is 1.35. The lowest BCUT2D eigenvalue weighted by atomic mass is 9.98. The fraction of sp³-hybridized carbons (Fsp3) is 0.412. The summed E-state index contributed by atoms with van der Waals surface area (Å²) in [6.45, 7) is 5.82. The normalized spacial score (nSPS) is 21.7. The lowest BCUT2D eigenvalue weighted by molar-refractivity contribution is -0.919. The van der Waals surface area contributed by atoms with Crippen LogP contribution in [0.5, 0.6) is 0 Å². The number of carbonyl (C=O) groups is 1. The van der Waals surface area contributed by atoms with Crippen molar-refractivity contribution < 1.29 is 14.8 Å². The summed E-state index contributed by atoms with van der Waals surface area (Å²) in [5.74, 6) is -0.362. The van der Waals surface area contributed by atoms with Gasteiger partial charge in [-0.3, -0.25) is 0 Å². The first-order valence-electron chi connectivity index (χ1n) is 7.71. The second-order valence-corrected chi connectivity index (χ2v) is 6.99. The van der Waals surface area contributed by atoms with Crippen LogP contribution in [-0.4, -0.2) is 24.0 Å². The van der Waals surface area contributed by atoms with Crippen molar-refractivity contribution in [3.05, 3.63) is 40.9 Å². The molecule has 1 fully saturated rings. The zero-order chi connectivity index (χ0) is 15.5. The number of aromatic nitrogens is 1. The molecule has 0 aliphatic carbocycles. The van der Waals surface area contributed by atoms with Crippen LogP contribution in [0.2, 0.25) is 0 Å². The monoisotopic (exact) mass is 316 g/mol. The SMILES string of the molecule is CC1CC[NH+](Cc2cccc(-c3nc(C(=O)[O-])cs3)c2)CC1. The molecule has 0 amide bonds. The van der Waals surface area contributed by atoms with Crippen LogP contribution in [0, 0.1) is 5.92 Å². The molecule has 5 heteroatoms. The number of hydrogen-bond acceptors (Lipinski definition) is 4. The van der Waals surface area contributed by atoms with Gasteiger partial charge in [-0.15, -0.1) is 11.3 Å². The average Bonchev–Trinajstić information content (AvgIpc) is 3.00. The van der Waals surface area contributed by atoms with Gasteiger partial charge in [0.05, 0.1) is 24.8 Å². The number of quaternary nitrogens is 1. The van der Waals surface area contributed by atoms with Gasteiger partial charge >= 0.3 is 0 Å². The molecule has 2 heterocycles. The first-order valence-corrected chi connectivity index (χ1v) is 8.59. The van der Waals surface area contributed by atoms with Crippen LogP contribution in [0.25, 0.3) is 10.6 Å². The highest BCUT2D eigenvalue weighted by Gasteiger charge is 2.19. The Balaban J connectivity index is 1.73. The van der Waals surface area contributed by atoms with E-state index in [0.717, 1.165) is 23.0 Å². The third kappa shape index (κ3) is 3.54. The fourth-order valence-electron chi connectivity index (χ4n) is 2.95. The number of hydrogen-bond donors (Lipinski definition) is 1. The summed E-state index contributed by atoms with van der Waals surface area (Å²) in [6.07, 6.45) is 2.60. The zero-order valence-electron chi connectivity index (χ0n) is 12.7. The number of likely N-dealkylation sites (tertiary alicyclic amines) is 1. The van der Waals surface area contributed by atoms with Crippen LogP contribution in [0.3, 0.4) is 0 Å². The number of aromatic carboxylic acids is 1. The van der Waals surface area contributed by atoms with Gasteiger partial charge in [0.15, 0.2) is 0 Å². The summed E-state index contributed by atoms with van der Waals surface area (Å²) in [5.41, 5.74) is 2.29. The molecular weight excluding hydrogens is 296 g/mol. The first-order chi connectivity index (χ1) is 10.6. The van der Waals surface area contributed by atoms with Crippen molar-refractivity contribution in [1.29, 1.82) is 0 Å². The molecule has 1 saturated heterocycles. The van der Waals surface area contributed by atoms with Gasteiger partial charge in [-0.1, -0.05) is 25.1 Å². The molecule has 3 rings (SSSR count). The number of rotatable bonds is 4. The number of carboxylic acids is 1. The molecule has 0 spiro atoms. The number of benzene rings is 1. The van der Waals surface area contributed by atoms with Gasteiger partial charge in [0.25, 0.3) is 0 Å². The van der Waals surface area contributed by atoms with Crippen LogP contribution in [-0.2, 0) is 6.54 Å². The molecule has 0 saturated carbocycles. The van der Waals surface area contributed by atoms with Crippen molar-refractivity contribution in [2.75, 3.05) is 13.1 Å². The zero-order valence-corrected chi connectivity index (χ0v) is 13.5. The smallest absolute Gasteiger partial charge is 0.124 e.